The number of aromatic nitrogens is 3. The maximum Gasteiger partial charge on any atom is 0.416 e. The number of rotatable bonds is 5. The summed E-state index contributed by atoms with van der Waals surface area (Å²) < 4.78 is 71.9. The van der Waals surface area contributed by atoms with Crippen LogP contribution in [0.25, 0.3) is 0 Å². The minimum Gasteiger partial charge on any atom is -0.369 e. The van der Waals surface area contributed by atoms with Crippen LogP contribution in [0.15, 0.2) is 53.4 Å². The van der Waals surface area contributed by atoms with E-state index in [9.17, 15) is 21.6 Å². The van der Waals surface area contributed by atoms with Crippen molar-refractivity contribution < 1.29 is 26.3 Å². The highest BCUT2D eigenvalue weighted by molar-refractivity contribution is 7.89. The van der Waals surface area contributed by atoms with Crippen molar-refractivity contribution in [2.75, 3.05) is 25.0 Å². The summed E-state index contributed by atoms with van der Waals surface area (Å²) in [7, 11) is -4.15. The van der Waals surface area contributed by atoms with Gasteiger partial charge in [-0.2, -0.15) is 22.6 Å². The van der Waals surface area contributed by atoms with E-state index in [0.717, 1.165) is 28.2 Å². The lowest BCUT2D eigenvalue weighted by Gasteiger charge is -2.32. The van der Waals surface area contributed by atoms with Gasteiger partial charge in [0.15, 0.2) is 5.82 Å². The van der Waals surface area contributed by atoms with Gasteiger partial charge in [-0.1, -0.05) is 12.1 Å². The summed E-state index contributed by atoms with van der Waals surface area (Å²) in [6.45, 7) is 1.90. The van der Waals surface area contributed by atoms with E-state index >= 15 is 0 Å². The van der Waals surface area contributed by atoms with Crippen molar-refractivity contribution in [3.63, 3.8) is 0 Å². The summed E-state index contributed by atoms with van der Waals surface area (Å²) in [5.74, 6) is 1.07. The van der Waals surface area contributed by atoms with Crippen molar-refractivity contribution in [2.45, 2.75) is 24.1 Å². The first-order valence-corrected chi connectivity index (χ1v) is 11.1. The number of benzene rings is 1. The first-order valence-electron chi connectivity index (χ1n) is 9.68. The highest BCUT2D eigenvalue weighted by Crippen LogP contribution is 2.32. The first kappa shape index (κ1) is 22.2. The van der Waals surface area contributed by atoms with Gasteiger partial charge in [-0.25, -0.2) is 13.4 Å². The predicted octanol–water partition coefficient (Wildman–Crippen LogP) is 3.64. The molecule has 1 fully saturated rings. The number of sulfonamides is 1. The largest absolute Gasteiger partial charge is 0.416 e. The Labute approximate surface area is 182 Å². The topological polar surface area (TPSA) is 100 Å². The van der Waals surface area contributed by atoms with Crippen molar-refractivity contribution in [1.29, 1.82) is 0 Å². The standard InChI is InChI=1S/C20H20F3N5O3S/c1-13-10-19(27-26-13)25-18-7-3-6-16(24-18)17-12-28(8-9-31-17)32(29,30)15-5-2-4-14(11-15)20(21,22)23/h2-7,10-11,17H,8-9,12H2,1H3,(H2,24,25,26,27)/t17-/m1/s1. The van der Waals surface area contributed by atoms with Crippen LogP contribution in [-0.4, -0.2) is 47.6 Å². The van der Waals surface area contributed by atoms with Crippen molar-refractivity contribution in [3.05, 3.63) is 65.5 Å². The van der Waals surface area contributed by atoms with E-state index in [0.29, 0.717) is 23.4 Å². The average molecular weight is 467 g/mol. The van der Waals surface area contributed by atoms with E-state index in [2.05, 4.69) is 20.5 Å². The molecule has 1 saturated heterocycles. The van der Waals surface area contributed by atoms with E-state index in [1.165, 1.54) is 0 Å². The van der Waals surface area contributed by atoms with Crippen LogP contribution in [0.3, 0.4) is 0 Å². The van der Waals surface area contributed by atoms with Crippen LogP contribution >= 0.6 is 0 Å². The number of aryl methyl sites for hydroxylation is 1. The van der Waals surface area contributed by atoms with E-state index in [-0.39, 0.29) is 19.7 Å². The molecular weight excluding hydrogens is 447 g/mol. The van der Waals surface area contributed by atoms with Crippen LogP contribution < -0.4 is 5.32 Å². The molecule has 0 saturated carbocycles. The fourth-order valence-corrected chi connectivity index (χ4v) is 4.79. The summed E-state index contributed by atoms with van der Waals surface area (Å²) in [6.07, 6.45) is -5.31. The molecule has 1 aliphatic heterocycles. The second-order valence-corrected chi connectivity index (χ2v) is 9.19. The molecule has 0 bridgehead atoms. The Balaban J connectivity index is 1.54. The molecular formula is C20H20F3N5O3S. The van der Waals surface area contributed by atoms with E-state index in [1.807, 2.05) is 6.92 Å². The Morgan fingerprint density at radius 2 is 1.94 bits per heavy atom. The molecule has 0 radical (unpaired) electrons. The number of hydrogen-bond acceptors (Lipinski definition) is 6. The van der Waals surface area contributed by atoms with Gasteiger partial charge in [0.05, 0.1) is 22.8 Å². The van der Waals surface area contributed by atoms with E-state index < -0.39 is 32.8 Å². The number of aromatic amines is 1. The summed E-state index contributed by atoms with van der Waals surface area (Å²) in [4.78, 5) is 4.06. The number of ether oxygens (including phenoxy) is 1. The summed E-state index contributed by atoms with van der Waals surface area (Å²) in [5, 5.41) is 9.93. The Kier molecular flexibility index (Phi) is 5.93. The van der Waals surface area contributed by atoms with Gasteiger partial charge in [0.2, 0.25) is 10.0 Å². The maximum atomic E-state index is 13.0. The number of H-pyrrole nitrogens is 1. The highest BCUT2D eigenvalue weighted by Gasteiger charge is 2.35. The monoisotopic (exact) mass is 467 g/mol. The smallest absolute Gasteiger partial charge is 0.369 e. The first-order chi connectivity index (χ1) is 15.1. The van der Waals surface area contributed by atoms with Gasteiger partial charge in [0.25, 0.3) is 0 Å². The van der Waals surface area contributed by atoms with Crippen molar-refractivity contribution in [2.24, 2.45) is 0 Å². The van der Waals surface area contributed by atoms with Gasteiger partial charge in [-0.3, -0.25) is 5.10 Å². The number of anilines is 2. The van der Waals surface area contributed by atoms with Crippen molar-refractivity contribution in [1.82, 2.24) is 19.5 Å². The Morgan fingerprint density at radius 3 is 2.66 bits per heavy atom. The molecule has 32 heavy (non-hydrogen) atoms. The third-order valence-electron chi connectivity index (χ3n) is 4.89. The van der Waals surface area contributed by atoms with E-state index in [1.54, 1.807) is 24.3 Å². The van der Waals surface area contributed by atoms with Crippen LogP contribution in [0.4, 0.5) is 24.8 Å². The van der Waals surface area contributed by atoms with Crippen LogP contribution in [0.1, 0.15) is 23.1 Å². The molecule has 0 spiro atoms. The molecule has 1 atom stereocenters. The van der Waals surface area contributed by atoms with Crippen LogP contribution in [-0.2, 0) is 20.9 Å². The molecule has 1 aliphatic rings. The molecule has 2 N–H and O–H groups in total. The third kappa shape index (κ3) is 4.76. The van der Waals surface area contributed by atoms with Crippen LogP contribution in [0.5, 0.6) is 0 Å². The molecule has 12 heteroatoms. The molecule has 8 nitrogen and oxygen atoms in total. The second-order valence-electron chi connectivity index (χ2n) is 7.26. The van der Waals surface area contributed by atoms with Gasteiger partial charge in [-0.15, -0.1) is 0 Å². The molecule has 1 aromatic carbocycles. The maximum absolute atomic E-state index is 13.0. The van der Waals surface area contributed by atoms with Gasteiger partial charge < -0.3 is 10.1 Å². The molecule has 4 rings (SSSR count). The zero-order valence-electron chi connectivity index (χ0n) is 16.9. The Hall–Kier alpha value is -2.96. The van der Waals surface area contributed by atoms with Crippen LogP contribution in [0, 0.1) is 6.92 Å². The molecule has 0 unspecified atom stereocenters. The van der Waals surface area contributed by atoms with Crippen LogP contribution in [0.2, 0.25) is 0 Å². The molecule has 3 aromatic rings. The summed E-state index contributed by atoms with van der Waals surface area (Å²) >= 11 is 0. The summed E-state index contributed by atoms with van der Waals surface area (Å²) in [6, 6.07) is 10.7. The number of halogens is 3. The Bertz CT molecular complexity index is 1210. The molecule has 3 heterocycles. The average Bonchev–Trinajstić information content (AvgIpc) is 3.18. The lowest BCUT2D eigenvalue weighted by Crippen LogP contribution is -2.42. The summed E-state index contributed by atoms with van der Waals surface area (Å²) in [5.41, 5.74) is 0.346. The zero-order chi connectivity index (χ0) is 22.9. The van der Waals surface area contributed by atoms with Crippen molar-refractivity contribution in [3.8, 4) is 0 Å². The number of hydrogen-bond donors (Lipinski definition) is 2. The number of morpholine rings is 1. The SMILES string of the molecule is Cc1cc(Nc2cccc([C@H]3CN(S(=O)(=O)c4cccc(C(F)(F)F)c4)CCO3)n2)n[nH]1. The number of pyridine rings is 1. The van der Waals surface area contributed by atoms with Gasteiger partial charge in [0.1, 0.15) is 11.9 Å². The van der Waals surface area contributed by atoms with Crippen molar-refractivity contribution >= 4 is 21.7 Å². The normalized spacial score (nSPS) is 17.9. The van der Waals surface area contributed by atoms with E-state index in [4.69, 9.17) is 4.74 Å². The third-order valence-corrected chi connectivity index (χ3v) is 6.75. The van der Waals surface area contributed by atoms with Gasteiger partial charge in [0, 0.05) is 24.8 Å². The number of nitrogens with zero attached hydrogens (tertiary/aromatic N) is 3. The number of alkyl halides is 3. The predicted molar refractivity (Wildman–Crippen MR) is 110 cm³/mol. The van der Waals surface area contributed by atoms with Gasteiger partial charge >= 0.3 is 6.18 Å². The zero-order valence-corrected chi connectivity index (χ0v) is 17.7. The number of nitrogens with one attached hydrogen (secondary N) is 2. The van der Waals surface area contributed by atoms with Gasteiger partial charge in [-0.05, 0) is 37.3 Å². The molecule has 2 aromatic heterocycles. The second kappa shape index (κ2) is 8.52. The fraction of sp³-hybridized carbons (Fsp3) is 0.300. The highest BCUT2D eigenvalue weighted by atomic mass is 32.2. The quantitative estimate of drug-likeness (QED) is 0.594. The Morgan fingerprint density at radius 1 is 1.16 bits per heavy atom. The molecule has 0 aliphatic carbocycles. The minimum absolute atomic E-state index is 0.0273. The lowest BCUT2D eigenvalue weighted by atomic mass is 10.2. The fourth-order valence-electron chi connectivity index (χ4n) is 3.32. The molecule has 0 amide bonds. The molecule has 170 valence electrons. The minimum atomic E-state index is -4.64. The lowest BCUT2D eigenvalue weighted by molar-refractivity contribution is -0.137.